The largest absolute Gasteiger partial charge is 0.393 e. The van der Waals surface area contributed by atoms with Crippen LogP contribution in [0.2, 0.25) is 0 Å². The number of benzene rings is 1. The van der Waals surface area contributed by atoms with Crippen molar-refractivity contribution in [3.05, 3.63) is 29.8 Å². The molecule has 0 aliphatic carbocycles. The Morgan fingerprint density at radius 3 is 2.62 bits per heavy atom. The molecule has 0 bridgehead atoms. The lowest BCUT2D eigenvalue weighted by molar-refractivity contribution is 0.0506. The first-order chi connectivity index (χ1) is 10.0. The van der Waals surface area contributed by atoms with Crippen LogP contribution >= 0.6 is 0 Å². The van der Waals surface area contributed by atoms with Crippen molar-refractivity contribution < 1.29 is 9.90 Å². The Balaban J connectivity index is 1.93. The molecular weight excluding hydrogens is 266 g/mol. The van der Waals surface area contributed by atoms with Gasteiger partial charge in [0.25, 0.3) is 0 Å². The van der Waals surface area contributed by atoms with Gasteiger partial charge in [0.05, 0.1) is 6.10 Å². The first-order valence-electron chi connectivity index (χ1n) is 7.52. The van der Waals surface area contributed by atoms with E-state index in [9.17, 15) is 9.90 Å². The molecule has 1 aromatic carbocycles. The summed E-state index contributed by atoms with van der Waals surface area (Å²) in [6.45, 7) is 5.26. The number of amides is 2. The van der Waals surface area contributed by atoms with Crippen molar-refractivity contribution in [1.82, 2.24) is 10.2 Å². The zero-order valence-corrected chi connectivity index (χ0v) is 13.0. The zero-order valence-electron chi connectivity index (χ0n) is 13.0. The van der Waals surface area contributed by atoms with Crippen LogP contribution < -0.4 is 10.6 Å². The van der Waals surface area contributed by atoms with E-state index in [1.165, 1.54) is 5.56 Å². The van der Waals surface area contributed by atoms with Crippen LogP contribution in [-0.2, 0) is 0 Å². The van der Waals surface area contributed by atoms with E-state index < -0.39 is 0 Å². The Bertz CT molecular complexity index is 475. The van der Waals surface area contributed by atoms with Crippen LogP contribution in [0.25, 0.3) is 0 Å². The summed E-state index contributed by atoms with van der Waals surface area (Å²) in [6.07, 6.45) is 0.351. The van der Waals surface area contributed by atoms with E-state index in [2.05, 4.69) is 17.6 Å². The van der Waals surface area contributed by atoms with Crippen LogP contribution in [0.5, 0.6) is 0 Å². The van der Waals surface area contributed by atoms with Crippen molar-refractivity contribution in [3.8, 4) is 0 Å². The fraction of sp³-hybridized carbons (Fsp3) is 0.562. The molecule has 3 unspecified atom stereocenters. The third-order valence-corrected chi connectivity index (χ3v) is 4.24. The lowest BCUT2D eigenvalue weighted by Crippen LogP contribution is -2.46. The Kier molecular flexibility index (Phi) is 5.20. The molecule has 21 heavy (non-hydrogen) atoms. The Morgan fingerprint density at radius 1 is 1.38 bits per heavy atom. The lowest BCUT2D eigenvalue weighted by Gasteiger charge is -2.34. The number of rotatable bonds is 3. The van der Waals surface area contributed by atoms with Crippen LogP contribution in [0.1, 0.15) is 31.9 Å². The molecule has 1 aromatic rings. The summed E-state index contributed by atoms with van der Waals surface area (Å²) in [5.74, 6) is 0.128. The van der Waals surface area contributed by atoms with Crippen LogP contribution in [-0.4, -0.2) is 42.3 Å². The maximum Gasteiger partial charge on any atom is 0.321 e. The molecule has 0 radical (unpaired) electrons. The standard InChI is InChI=1S/C16H25N3O2/c1-11-10-19(9-8-15(11)20)16(21)18-14-6-4-13(5-7-14)12(2)17-3/h4-7,11-12,15,17,20H,8-10H2,1-3H3,(H,18,21). The van der Waals surface area contributed by atoms with Crippen molar-refractivity contribution >= 4 is 11.7 Å². The molecule has 1 saturated heterocycles. The molecule has 0 spiro atoms. The highest BCUT2D eigenvalue weighted by Gasteiger charge is 2.27. The molecule has 116 valence electrons. The van der Waals surface area contributed by atoms with Gasteiger partial charge in [-0.25, -0.2) is 4.79 Å². The molecule has 2 rings (SSSR count). The highest BCUT2D eigenvalue weighted by molar-refractivity contribution is 5.89. The minimum absolute atomic E-state index is 0.0943. The van der Waals surface area contributed by atoms with Crippen LogP contribution in [0.3, 0.4) is 0 Å². The molecular formula is C16H25N3O2. The maximum atomic E-state index is 12.2. The molecule has 0 saturated carbocycles. The number of nitrogens with zero attached hydrogens (tertiary/aromatic N) is 1. The number of aliphatic hydroxyl groups excluding tert-OH is 1. The average molecular weight is 291 g/mol. The van der Waals surface area contributed by atoms with Crippen molar-refractivity contribution in [3.63, 3.8) is 0 Å². The predicted octanol–water partition coefficient (Wildman–Crippen LogP) is 2.20. The summed E-state index contributed by atoms with van der Waals surface area (Å²) in [5, 5.41) is 15.8. The summed E-state index contributed by atoms with van der Waals surface area (Å²) < 4.78 is 0. The Hall–Kier alpha value is -1.59. The number of aliphatic hydroxyl groups is 1. The Morgan fingerprint density at radius 2 is 2.05 bits per heavy atom. The molecule has 2 amide bonds. The lowest BCUT2D eigenvalue weighted by atomic mass is 9.97. The van der Waals surface area contributed by atoms with Crippen LogP contribution in [0.15, 0.2) is 24.3 Å². The smallest absolute Gasteiger partial charge is 0.321 e. The fourth-order valence-electron chi connectivity index (χ4n) is 2.54. The zero-order chi connectivity index (χ0) is 15.4. The molecule has 1 heterocycles. The summed E-state index contributed by atoms with van der Waals surface area (Å²) >= 11 is 0. The van der Waals surface area contributed by atoms with E-state index >= 15 is 0 Å². The number of carbonyl (C=O) groups excluding carboxylic acids is 1. The molecule has 5 nitrogen and oxygen atoms in total. The first-order valence-corrected chi connectivity index (χ1v) is 7.52. The van der Waals surface area contributed by atoms with E-state index in [1.807, 2.05) is 38.2 Å². The highest BCUT2D eigenvalue weighted by atomic mass is 16.3. The third kappa shape index (κ3) is 3.95. The second-order valence-electron chi connectivity index (χ2n) is 5.84. The number of urea groups is 1. The third-order valence-electron chi connectivity index (χ3n) is 4.24. The quantitative estimate of drug-likeness (QED) is 0.800. The number of hydrogen-bond acceptors (Lipinski definition) is 3. The van der Waals surface area contributed by atoms with E-state index in [-0.39, 0.29) is 18.1 Å². The van der Waals surface area contributed by atoms with Gasteiger partial charge in [-0.05, 0) is 44.0 Å². The number of hydrogen-bond donors (Lipinski definition) is 3. The number of carbonyl (C=O) groups is 1. The molecule has 1 aliphatic heterocycles. The molecule has 1 aliphatic rings. The normalized spacial score (nSPS) is 23.7. The second kappa shape index (κ2) is 6.91. The Labute approximate surface area is 126 Å². The molecule has 3 N–H and O–H groups in total. The van der Waals surface area contributed by atoms with Crippen molar-refractivity contribution in [2.24, 2.45) is 5.92 Å². The molecule has 1 fully saturated rings. The molecule has 3 atom stereocenters. The number of piperidine rings is 1. The van der Waals surface area contributed by atoms with Crippen molar-refractivity contribution in [2.75, 3.05) is 25.5 Å². The van der Waals surface area contributed by atoms with Gasteiger partial charge in [0, 0.05) is 24.8 Å². The van der Waals surface area contributed by atoms with E-state index in [1.54, 1.807) is 4.90 Å². The first kappa shape index (κ1) is 15.8. The van der Waals surface area contributed by atoms with Crippen molar-refractivity contribution in [2.45, 2.75) is 32.4 Å². The molecule has 0 aromatic heterocycles. The van der Waals surface area contributed by atoms with E-state index in [0.717, 1.165) is 5.69 Å². The van der Waals surface area contributed by atoms with Gasteiger partial charge in [0.15, 0.2) is 0 Å². The predicted molar refractivity (Wildman–Crippen MR) is 84.3 cm³/mol. The maximum absolute atomic E-state index is 12.2. The highest BCUT2D eigenvalue weighted by Crippen LogP contribution is 2.19. The van der Waals surface area contributed by atoms with E-state index in [4.69, 9.17) is 0 Å². The number of likely N-dealkylation sites (tertiary alicyclic amines) is 1. The minimum atomic E-state index is -0.295. The summed E-state index contributed by atoms with van der Waals surface area (Å²) in [5.41, 5.74) is 1.98. The van der Waals surface area contributed by atoms with E-state index in [0.29, 0.717) is 25.6 Å². The van der Waals surface area contributed by atoms with Gasteiger partial charge >= 0.3 is 6.03 Å². The van der Waals surface area contributed by atoms with Crippen LogP contribution in [0.4, 0.5) is 10.5 Å². The van der Waals surface area contributed by atoms with Gasteiger partial charge in [-0.3, -0.25) is 0 Å². The van der Waals surface area contributed by atoms with Gasteiger partial charge in [-0.15, -0.1) is 0 Å². The van der Waals surface area contributed by atoms with Gasteiger partial charge in [-0.2, -0.15) is 0 Å². The number of nitrogens with one attached hydrogen (secondary N) is 2. The van der Waals surface area contributed by atoms with Crippen LogP contribution in [0, 0.1) is 5.92 Å². The van der Waals surface area contributed by atoms with Gasteiger partial charge in [-0.1, -0.05) is 19.1 Å². The summed E-state index contributed by atoms with van der Waals surface area (Å²) in [4.78, 5) is 14.0. The summed E-state index contributed by atoms with van der Waals surface area (Å²) in [6, 6.07) is 8.06. The average Bonchev–Trinajstić information content (AvgIpc) is 2.50. The monoisotopic (exact) mass is 291 g/mol. The molecule has 5 heteroatoms. The number of anilines is 1. The minimum Gasteiger partial charge on any atom is -0.393 e. The van der Waals surface area contributed by atoms with Gasteiger partial charge in [0.2, 0.25) is 0 Å². The van der Waals surface area contributed by atoms with Crippen molar-refractivity contribution in [1.29, 1.82) is 0 Å². The SMILES string of the molecule is CNC(C)c1ccc(NC(=O)N2CCC(O)C(C)C2)cc1. The van der Waals surface area contributed by atoms with Gasteiger partial charge < -0.3 is 20.6 Å². The topological polar surface area (TPSA) is 64.6 Å². The summed E-state index contributed by atoms with van der Waals surface area (Å²) in [7, 11) is 1.92. The second-order valence-corrected chi connectivity index (χ2v) is 5.84. The van der Waals surface area contributed by atoms with Gasteiger partial charge in [0.1, 0.15) is 0 Å². The fourth-order valence-corrected chi connectivity index (χ4v) is 2.54.